The van der Waals surface area contributed by atoms with Gasteiger partial charge in [0.2, 0.25) is 11.2 Å². The van der Waals surface area contributed by atoms with Gasteiger partial charge >= 0.3 is 5.97 Å². The van der Waals surface area contributed by atoms with Gasteiger partial charge < -0.3 is 9.30 Å². The van der Waals surface area contributed by atoms with Gasteiger partial charge in [0.05, 0.1) is 17.5 Å². The molecule has 0 aliphatic heterocycles. The van der Waals surface area contributed by atoms with Crippen molar-refractivity contribution in [3.8, 4) is 11.3 Å². The lowest BCUT2D eigenvalue weighted by Gasteiger charge is -2.15. The number of halogens is 1. The molecule has 0 spiro atoms. The molecule has 6 rings (SSSR count). The number of fused-ring (bicyclic) bond motifs is 6. The first-order valence-corrected chi connectivity index (χ1v) is 10.4. The van der Waals surface area contributed by atoms with Crippen LogP contribution in [0.1, 0.15) is 52.2 Å². The number of ketones is 1. The van der Waals surface area contributed by atoms with Crippen LogP contribution in [0, 0.1) is 5.82 Å². The maximum Gasteiger partial charge on any atom is 0.343 e. The Kier molecular flexibility index (Phi) is 3.83. The summed E-state index contributed by atoms with van der Waals surface area (Å²) >= 11 is 0. The summed E-state index contributed by atoms with van der Waals surface area (Å²) in [5.74, 6) is -1.77. The summed E-state index contributed by atoms with van der Waals surface area (Å²) < 4.78 is 22.0. The molecular formula is C24H16FN3O4. The molecular weight excluding hydrogens is 413 g/mol. The molecule has 2 aromatic carbocycles. The number of carbonyl (C=O) groups excluding carboxylic acids is 2. The maximum atomic E-state index is 15.2. The van der Waals surface area contributed by atoms with Crippen molar-refractivity contribution in [3.63, 3.8) is 0 Å². The van der Waals surface area contributed by atoms with E-state index in [1.54, 1.807) is 35.8 Å². The molecule has 2 aliphatic rings. The summed E-state index contributed by atoms with van der Waals surface area (Å²) in [6.07, 6.45) is 3.16. The number of benzene rings is 2. The van der Waals surface area contributed by atoms with Crippen molar-refractivity contribution in [1.29, 1.82) is 0 Å². The lowest BCUT2D eigenvalue weighted by Crippen LogP contribution is -2.21. The highest BCUT2D eigenvalue weighted by Gasteiger charge is 2.33. The van der Waals surface area contributed by atoms with E-state index in [2.05, 4.69) is 9.97 Å². The Morgan fingerprint density at radius 3 is 2.56 bits per heavy atom. The second-order valence-electron chi connectivity index (χ2n) is 7.98. The average molecular weight is 429 g/mol. The first kappa shape index (κ1) is 18.8. The van der Waals surface area contributed by atoms with Crippen LogP contribution in [-0.2, 0) is 4.74 Å². The zero-order valence-electron chi connectivity index (χ0n) is 17.0. The van der Waals surface area contributed by atoms with E-state index < -0.39 is 17.2 Å². The molecule has 0 radical (unpaired) electrons. The third-order valence-electron chi connectivity index (χ3n) is 5.97. The van der Waals surface area contributed by atoms with Crippen LogP contribution in [0.5, 0.6) is 0 Å². The van der Waals surface area contributed by atoms with Crippen LogP contribution in [0.15, 0.2) is 41.3 Å². The lowest BCUT2D eigenvalue weighted by molar-refractivity contribution is 0.0524. The molecule has 2 aliphatic carbocycles. The Morgan fingerprint density at radius 1 is 1.12 bits per heavy atom. The topological polar surface area (TPSA) is 91.2 Å². The number of hydrogen-bond donors (Lipinski definition) is 0. The van der Waals surface area contributed by atoms with Gasteiger partial charge in [0.25, 0.3) is 0 Å². The molecule has 1 saturated carbocycles. The van der Waals surface area contributed by atoms with Crippen LogP contribution in [0.2, 0.25) is 0 Å². The zero-order valence-corrected chi connectivity index (χ0v) is 17.0. The fourth-order valence-corrected chi connectivity index (χ4v) is 4.36. The smallest absolute Gasteiger partial charge is 0.343 e. The summed E-state index contributed by atoms with van der Waals surface area (Å²) in [6, 6.07) is 8.12. The Morgan fingerprint density at radius 2 is 1.84 bits per heavy atom. The van der Waals surface area contributed by atoms with Crippen molar-refractivity contribution in [2.75, 3.05) is 6.61 Å². The van der Waals surface area contributed by atoms with Gasteiger partial charge in [-0.25, -0.2) is 19.2 Å². The second kappa shape index (κ2) is 6.53. The minimum atomic E-state index is -0.750. The number of rotatable bonds is 3. The van der Waals surface area contributed by atoms with Crippen LogP contribution < -0.4 is 5.43 Å². The zero-order chi connectivity index (χ0) is 22.1. The first-order valence-electron chi connectivity index (χ1n) is 10.4. The summed E-state index contributed by atoms with van der Waals surface area (Å²) in [6.45, 7) is 1.77. The predicted octanol–water partition coefficient (Wildman–Crippen LogP) is 3.81. The van der Waals surface area contributed by atoms with Crippen molar-refractivity contribution in [1.82, 2.24) is 14.5 Å². The standard InChI is InChI=1S/C24H16FN3O4/c1-2-32-24(31)15-10-28(11-7-8-11)21-14(22(15)29)9-16(25)18-19(21)27-20-17(26-18)12-5-3-4-6-13(12)23(20)30/h3-6,9-11H,2,7-8H2,1H3. The quantitative estimate of drug-likeness (QED) is 0.320. The highest BCUT2D eigenvalue weighted by atomic mass is 19.1. The molecule has 0 N–H and O–H groups in total. The lowest BCUT2D eigenvalue weighted by atomic mass is 10.1. The molecule has 4 aromatic rings. The minimum absolute atomic E-state index is 0.0153. The Labute approximate surface area is 180 Å². The molecule has 0 unspecified atom stereocenters. The van der Waals surface area contributed by atoms with Gasteiger partial charge in [0.1, 0.15) is 28.0 Å². The SMILES string of the molecule is CCOC(=O)c1cn(C2CC2)c2c(cc(F)c3nc4c(nc32)C(=O)c2ccccc2-4)c1=O. The van der Waals surface area contributed by atoms with E-state index >= 15 is 4.39 Å². The van der Waals surface area contributed by atoms with E-state index in [4.69, 9.17) is 4.74 Å². The Balaban J connectivity index is 1.73. The fourth-order valence-electron chi connectivity index (χ4n) is 4.36. The summed E-state index contributed by atoms with van der Waals surface area (Å²) in [5, 5.41) is 0.0182. The average Bonchev–Trinajstić information content (AvgIpc) is 3.60. The van der Waals surface area contributed by atoms with E-state index in [0.29, 0.717) is 22.3 Å². The molecule has 7 nitrogen and oxygen atoms in total. The van der Waals surface area contributed by atoms with Crippen LogP contribution in [0.4, 0.5) is 4.39 Å². The molecule has 0 saturated heterocycles. The number of pyridine rings is 1. The first-order chi connectivity index (χ1) is 15.5. The summed E-state index contributed by atoms with van der Waals surface area (Å²) in [7, 11) is 0. The predicted molar refractivity (Wildman–Crippen MR) is 114 cm³/mol. The summed E-state index contributed by atoms with van der Waals surface area (Å²) in [4.78, 5) is 47.4. The fraction of sp³-hybridized carbons (Fsp3) is 0.208. The van der Waals surface area contributed by atoms with Crippen molar-refractivity contribution in [2.45, 2.75) is 25.8 Å². The number of esters is 1. The van der Waals surface area contributed by atoms with Gasteiger partial charge in [0.15, 0.2) is 5.82 Å². The number of aromatic nitrogens is 3. The molecule has 0 amide bonds. The van der Waals surface area contributed by atoms with Crippen molar-refractivity contribution in [3.05, 3.63) is 69.4 Å². The molecule has 2 aromatic heterocycles. The normalized spacial score (nSPS) is 14.6. The van der Waals surface area contributed by atoms with E-state index in [0.717, 1.165) is 18.9 Å². The minimum Gasteiger partial charge on any atom is -0.462 e. The van der Waals surface area contributed by atoms with Crippen LogP contribution in [0.3, 0.4) is 0 Å². The molecule has 32 heavy (non-hydrogen) atoms. The van der Waals surface area contributed by atoms with Gasteiger partial charge in [-0.2, -0.15) is 0 Å². The number of hydrogen-bond acceptors (Lipinski definition) is 6. The number of nitrogens with zero attached hydrogens (tertiary/aromatic N) is 3. The van der Waals surface area contributed by atoms with Crippen LogP contribution >= 0.6 is 0 Å². The maximum absolute atomic E-state index is 15.2. The number of ether oxygens (including phenoxy) is 1. The largest absolute Gasteiger partial charge is 0.462 e. The summed E-state index contributed by atoms with van der Waals surface area (Å²) in [5.41, 5.74) is 1.26. The van der Waals surface area contributed by atoms with E-state index in [1.807, 2.05) is 0 Å². The molecule has 158 valence electrons. The molecule has 0 atom stereocenters. The Hall–Kier alpha value is -3.94. The molecule has 0 bridgehead atoms. The van der Waals surface area contributed by atoms with Gasteiger partial charge in [-0.1, -0.05) is 24.3 Å². The van der Waals surface area contributed by atoms with E-state index in [1.165, 1.54) is 6.20 Å². The van der Waals surface area contributed by atoms with Gasteiger partial charge in [0, 0.05) is 23.4 Å². The molecule has 2 heterocycles. The van der Waals surface area contributed by atoms with E-state index in [-0.39, 0.29) is 46.1 Å². The third kappa shape index (κ3) is 2.49. The van der Waals surface area contributed by atoms with Gasteiger partial charge in [-0.15, -0.1) is 0 Å². The monoisotopic (exact) mass is 429 g/mol. The highest BCUT2D eigenvalue weighted by Crippen LogP contribution is 2.40. The Bertz CT molecular complexity index is 1570. The third-order valence-corrected chi connectivity index (χ3v) is 5.97. The second-order valence-corrected chi connectivity index (χ2v) is 7.98. The highest BCUT2D eigenvalue weighted by molar-refractivity contribution is 6.21. The van der Waals surface area contributed by atoms with Crippen molar-refractivity contribution in [2.24, 2.45) is 0 Å². The van der Waals surface area contributed by atoms with Crippen LogP contribution in [-0.4, -0.2) is 32.9 Å². The van der Waals surface area contributed by atoms with E-state index in [9.17, 15) is 14.4 Å². The molecule has 8 heteroatoms. The molecule has 1 fully saturated rings. The van der Waals surface area contributed by atoms with Crippen molar-refractivity contribution < 1.29 is 18.7 Å². The number of carbonyl (C=O) groups is 2. The van der Waals surface area contributed by atoms with Crippen LogP contribution in [0.25, 0.3) is 33.2 Å². The van der Waals surface area contributed by atoms with Crippen molar-refractivity contribution >= 4 is 33.7 Å². The van der Waals surface area contributed by atoms with Gasteiger partial charge in [-0.05, 0) is 25.8 Å². The van der Waals surface area contributed by atoms with Gasteiger partial charge in [-0.3, -0.25) is 9.59 Å².